The normalized spacial score (nSPS) is 27.1. The molecule has 2 aliphatic heterocycles. The van der Waals surface area contributed by atoms with Gasteiger partial charge in [0.05, 0.1) is 6.26 Å². The molecule has 2 aliphatic rings. The number of carbonyl (C=O) groups is 1. The summed E-state index contributed by atoms with van der Waals surface area (Å²) in [7, 11) is 0. The van der Waals surface area contributed by atoms with Crippen LogP contribution in [0, 0.1) is 5.82 Å². The minimum Gasteiger partial charge on any atom is -0.459 e. The van der Waals surface area contributed by atoms with E-state index in [0.717, 1.165) is 25.7 Å². The number of furan rings is 1. The molecule has 1 unspecified atom stereocenters. The molecule has 2 fully saturated rings. The van der Waals surface area contributed by atoms with E-state index in [1.807, 2.05) is 17.0 Å². The lowest BCUT2D eigenvalue weighted by Crippen LogP contribution is -2.45. The first kappa shape index (κ1) is 13.6. The van der Waals surface area contributed by atoms with Crippen LogP contribution in [0.5, 0.6) is 0 Å². The van der Waals surface area contributed by atoms with Crippen LogP contribution < -0.4 is 0 Å². The molecule has 0 N–H and O–H groups in total. The van der Waals surface area contributed by atoms with Crippen LogP contribution in [0.4, 0.5) is 4.39 Å². The molecule has 22 heavy (non-hydrogen) atoms. The molecule has 3 atom stereocenters. The van der Waals surface area contributed by atoms with E-state index in [0.29, 0.717) is 11.7 Å². The second kappa shape index (κ2) is 5.27. The van der Waals surface area contributed by atoms with Crippen LogP contribution in [0.25, 0.3) is 0 Å². The Morgan fingerprint density at radius 3 is 2.36 bits per heavy atom. The van der Waals surface area contributed by atoms with Gasteiger partial charge in [0.15, 0.2) is 5.76 Å². The van der Waals surface area contributed by atoms with E-state index in [4.69, 9.17) is 4.42 Å². The highest BCUT2D eigenvalue weighted by atomic mass is 19.1. The van der Waals surface area contributed by atoms with Crippen LogP contribution in [-0.2, 0) is 0 Å². The van der Waals surface area contributed by atoms with Gasteiger partial charge in [0.1, 0.15) is 5.82 Å². The van der Waals surface area contributed by atoms with Crippen molar-refractivity contribution >= 4 is 5.91 Å². The summed E-state index contributed by atoms with van der Waals surface area (Å²) in [5.41, 5.74) is 1.18. The number of hydrogen-bond acceptors (Lipinski definition) is 2. The predicted molar refractivity (Wildman–Crippen MR) is 80.1 cm³/mol. The van der Waals surface area contributed by atoms with Crippen molar-refractivity contribution in [1.29, 1.82) is 0 Å². The standard InChI is InChI=1S/C18H18FNO2/c19-14-5-3-12(4-6-14)13-10-15-7-8-16(11-13)20(15)18(21)17-2-1-9-22-17/h1-6,9,13,15-16H,7-8,10-11H2/t13?,15-,16+. The van der Waals surface area contributed by atoms with E-state index >= 15 is 0 Å². The van der Waals surface area contributed by atoms with Crippen LogP contribution in [0.3, 0.4) is 0 Å². The Hall–Kier alpha value is -2.10. The van der Waals surface area contributed by atoms with Gasteiger partial charge in [-0.25, -0.2) is 4.39 Å². The number of fused-ring (bicyclic) bond motifs is 2. The van der Waals surface area contributed by atoms with Gasteiger partial charge in [-0.05, 0) is 61.4 Å². The second-order valence-electron chi connectivity index (χ2n) is 6.29. The summed E-state index contributed by atoms with van der Waals surface area (Å²) in [4.78, 5) is 14.6. The highest BCUT2D eigenvalue weighted by Gasteiger charge is 2.44. The zero-order chi connectivity index (χ0) is 15.1. The Kier molecular flexibility index (Phi) is 3.25. The average molecular weight is 299 g/mol. The molecule has 114 valence electrons. The smallest absolute Gasteiger partial charge is 0.290 e. The van der Waals surface area contributed by atoms with Crippen LogP contribution in [0.15, 0.2) is 47.1 Å². The van der Waals surface area contributed by atoms with E-state index in [1.54, 1.807) is 18.4 Å². The van der Waals surface area contributed by atoms with Crippen molar-refractivity contribution in [3.05, 3.63) is 59.8 Å². The zero-order valence-electron chi connectivity index (χ0n) is 12.2. The summed E-state index contributed by atoms with van der Waals surface area (Å²) in [6.45, 7) is 0. The van der Waals surface area contributed by atoms with E-state index in [2.05, 4.69) is 0 Å². The van der Waals surface area contributed by atoms with E-state index in [9.17, 15) is 9.18 Å². The molecule has 0 spiro atoms. The molecule has 0 radical (unpaired) electrons. The number of nitrogens with zero attached hydrogens (tertiary/aromatic N) is 1. The molecule has 2 bridgehead atoms. The second-order valence-corrected chi connectivity index (χ2v) is 6.29. The first-order valence-corrected chi connectivity index (χ1v) is 7.84. The molecular weight excluding hydrogens is 281 g/mol. The van der Waals surface area contributed by atoms with Gasteiger partial charge < -0.3 is 9.32 Å². The molecule has 1 aromatic heterocycles. The van der Waals surface area contributed by atoms with Crippen LogP contribution in [0.2, 0.25) is 0 Å². The summed E-state index contributed by atoms with van der Waals surface area (Å²) < 4.78 is 18.3. The third-order valence-electron chi connectivity index (χ3n) is 5.04. The lowest BCUT2D eigenvalue weighted by Gasteiger charge is -2.38. The number of piperidine rings is 1. The minimum atomic E-state index is -0.197. The van der Waals surface area contributed by atoms with Crippen molar-refractivity contribution in [1.82, 2.24) is 4.90 Å². The summed E-state index contributed by atoms with van der Waals surface area (Å²) >= 11 is 0. The average Bonchev–Trinajstić information content (AvgIpc) is 3.14. The molecule has 1 amide bonds. The number of benzene rings is 1. The largest absolute Gasteiger partial charge is 0.459 e. The van der Waals surface area contributed by atoms with Gasteiger partial charge in [-0.2, -0.15) is 0 Å². The van der Waals surface area contributed by atoms with Crippen LogP contribution >= 0.6 is 0 Å². The maximum atomic E-state index is 13.1. The monoisotopic (exact) mass is 299 g/mol. The molecule has 2 aromatic rings. The van der Waals surface area contributed by atoms with Crippen molar-refractivity contribution in [3.63, 3.8) is 0 Å². The summed E-state index contributed by atoms with van der Waals surface area (Å²) in [5.74, 6) is 0.656. The first-order valence-electron chi connectivity index (χ1n) is 7.84. The topological polar surface area (TPSA) is 33.5 Å². The van der Waals surface area contributed by atoms with E-state index < -0.39 is 0 Å². The molecule has 4 rings (SSSR count). The van der Waals surface area contributed by atoms with Crippen molar-refractivity contribution in [3.8, 4) is 0 Å². The summed E-state index contributed by atoms with van der Waals surface area (Å²) in [6, 6.07) is 10.8. The molecule has 4 heteroatoms. The quantitative estimate of drug-likeness (QED) is 0.840. The fraction of sp³-hybridized carbons (Fsp3) is 0.389. The lowest BCUT2D eigenvalue weighted by molar-refractivity contribution is 0.0539. The van der Waals surface area contributed by atoms with E-state index in [1.165, 1.54) is 17.7 Å². The number of halogens is 1. The maximum absolute atomic E-state index is 13.1. The van der Waals surface area contributed by atoms with E-state index in [-0.39, 0.29) is 23.8 Å². The lowest BCUT2D eigenvalue weighted by atomic mass is 9.85. The third kappa shape index (κ3) is 2.23. The van der Waals surface area contributed by atoms with Crippen molar-refractivity contribution < 1.29 is 13.6 Å². The van der Waals surface area contributed by atoms with Gasteiger partial charge in [-0.3, -0.25) is 4.79 Å². The van der Waals surface area contributed by atoms with Crippen LogP contribution in [-0.4, -0.2) is 22.9 Å². The number of rotatable bonds is 2. The number of amides is 1. The Labute approximate surface area is 128 Å². The molecule has 1 aromatic carbocycles. The molecule has 3 nitrogen and oxygen atoms in total. The Balaban J connectivity index is 1.54. The third-order valence-corrected chi connectivity index (χ3v) is 5.04. The molecule has 0 aliphatic carbocycles. The SMILES string of the molecule is O=C(c1ccco1)N1[C@@H]2CC[C@H]1CC(c1ccc(F)cc1)C2. The van der Waals surface area contributed by atoms with Gasteiger partial charge in [-0.1, -0.05) is 12.1 Å². The first-order chi connectivity index (χ1) is 10.7. The highest BCUT2D eigenvalue weighted by Crippen LogP contribution is 2.43. The van der Waals surface area contributed by atoms with Gasteiger partial charge in [0.2, 0.25) is 0 Å². The molecular formula is C18H18FNO2. The Bertz CT molecular complexity index is 651. The fourth-order valence-electron chi connectivity index (χ4n) is 4.04. The predicted octanol–water partition coefficient (Wildman–Crippen LogP) is 3.97. The van der Waals surface area contributed by atoms with Gasteiger partial charge in [0.25, 0.3) is 5.91 Å². The van der Waals surface area contributed by atoms with Crippen LogP contribution in [0.1, 0.15) is 47.7 Å². The summed E-state index contributed by atoms with van der Waals surface area (Å²) in [6.07, 6.45) is 5.55. The Morgan fingerprint density at radius 2 is 1.77 bits per heavy atom. The molecule has 3 heterocycles. The molecule has 2 saturated heterocycles. The zero-order valence-corrected chi connectivity index (χ0v) is 12.2. The summed E-state index contributed by atoms with van der Waals surface area (Å²) in [5, 5.41) is 0. The van der Waals surface area contributed by atoms with Crippen molar-refractivity contribution in [2.75, 3.05) is 0 Å². The van der Waals surface area contributed by atoms with Gasteiger partial charge >= 0.3 is 0 Å². The molecule has 0 saturated carbocycles. The maximum Gasteiger partial charge on any atom is 0.290 e. The van der Waals surface area contributed by atoms with Crippen molar-refractivity contribution in [2.24, 2.45) is 0 Å². The van der Waals surface area contributed by atoms with Crippen molar-refractivity contribution in [2.45, 2.75) is 43.7 Å². The fourth-order valence-corrected chi connectivity index (χ4v) is 4.04. The number of carbonyl (C=O) groups excluding carboxylic acids is 1. The Morgan fingerprint density at radius 1 is 1.09 bits per heavy atom. The van der Waals surface area contributed by atoms with Gasteiger partial charge in [-0.15, -0.1) is 0 Å². The minimum absolute atomic E-state index is 0.00931. The highest BCUT2D eigenvalue weighted by molar-refractivity contribution is 5.92. The van der Waals surface area contributed by atoms with Gasteiger partial charge in [0, 0.05) is 12.1 Å². The number of hydrogen-bond donors (Lipinski definition) is 0.